The lowest BCUT2D eigenvalue weighted by molar-refractivity contribution is -0.151. The number of nitrogens with one attached hydrogen (secondary N) is 1. The molecule has 1 aromatic heterocycles. The van der Waals surface area contributed by atoms with E-state index in [1.807, 2.05) is 0 Å². The number of nitrogens with zero attached hydrogens (tertiary/aromatic N) is 2. The number of aromatic carboxylic acids is 1. The Morgan fingerprint density at radius 2 is 1.85 bits per heavy atom. The SMILES string of the molecule is O=C(O)CC12C[C@H]3C[C@H](C1)CC(n1ncc(Nc4ccc(Cl)c(C(=O)O)c4)c(Cl)c1=O)(C3)C2. The molecule has 0 radical (unpaired) electrons. The molecule has 3 N–H and O–H groups in total. The topological polar surface area (TPSA) is 122 Å². The van der Waals surface area contributed by atoms with Crippen LogP contribution in [0.5, 0.6) is 0 Å². The van der Waals surface area contributed by atoms with E-state index >= 15 is 0 Å². The lowest BCUT2D eigenvalue weighted by Crippen LogP contribution is -2.59. The maximum atomic E-state index is 13.3. The largest absolute Gasteiger partial charge is 0.481 e. The Bertz CT molecular complexity index is 1210. The molecule has 0 unspecified atom stereocenters. The highest BCUT2D eigenvalue weighted by Crippen LogP contribution is 2.65. The smallest absolute Gasteiger partial charge is 0.337 e. The molecule has 4 aliphatic carbocycles. The molecule has 4 aliphatic rings. The number of anilines is 2. The molecule has 4 fully saturated rings. The van der Waals surface area contributed by atoms with Crippen molar-refractivity contribution in [3.05, 3.63) is 50.4 Å². The normalized spacial score (nSPS) is 29.8. The third kappa shape index (κ3) is 3.79. The third-order valence-electron chi connectivity index (χ3n) is 7.52. The maximum Gasteiger partial charge on any atom is 0.337 e. The van der Waals surface area contributed by atoms with Gasteiger partial charge in [0.25, 0.3) is 5.56 Å². The summed E-state index contributed by atoms with van der Waals surface area (Å²) in [6.45, 7) is 0. The van der Waals surface area contributed by atoms with Gasteiger partial charge in [0.2, 0.25) is 0 Å². The van der Waals surface area contributed by atoms with E-state index in [0.717, 1.165) is 32.1 Å². The molecule has 174 valence electrons. The van der Waals surface area contributed by atoms with Crippen molar-refractivity contribution in [2.24, 2.45) is 17.3 Å². The minimum Gasteiger partial charge on any atom is -0.481 e. The van der Waals surface area contributed by atoms with Gasteiger partial charge in [-0.1, -0.05) is 23.2 Å². The first-order valence-electron chi connectivity index (χ1n) is 10.9. The van der Waals surface area contributed by atoms with Crippen molar-refractivity contribution >= 4 is 46.5 Å². The average molecular weight is 492 g/mol. The molecular weight excluding hydrogens is 469 g/mol. The van der Waals surface area contributed by atoms with E-state index < -0.39 is 23.0 Å². The van der Waals surface area contributed by atoms with E-state index in [4.69, 9.17) is 23.2 Å². The van der Waals surface area contributed by atoms with Gasteiger partial charge in [-0.25, -0.2) is 9.48 Å². The van der Waals surface area contributed by atoms with Gasteiger partial charge >= 0.3 is 11.9 Å². The number of aromatic nitrogens is 2. The fourth-order valence-corrected chi connectivity index (χ4v) is 7.33. The molecule has 1 aromatic carbocycles. The van der Waals surface area contributed by atoms with Crippen molar-refractivity contribution in [3.63, 3.8) is 0 Å². The Kier molecular flexibility index (Phi) is 5.21. The summed E-state index contributed by atoms with van der Waals surface area (Å²) >= 11 is 12.4. The maximum absolute atomic E-state index is 13.3. The van der Waals surface area contributed by atoms with Gasteiger partial charge in [-0.3, -0.25) is 9.59 Å². The van der Waals surface area contributed by atoms with Gasteiger partial charge in [0, 0.05) is 5.69 Å². The molecule has 10 heteroatoms. The Morgan fingerprint density at radius 1 is 1.15 bits per heavy atom. The van der Waals surface area contributed by atoms with Crippen LogP contribution in [-0.4, -0.2) is 31.9 Å². The molecular formula is C23H23Cl2N3O5. The molecule has 8 nitrogen and oxygen atoms in total. The lowest BCUT2D eigenvalue weighted by Gasteiger charge is -2.61. The van der Waals surface area contributed by atoms with Crippen LogP contribution in [0.15, 0.2) is 29.2 Å². The highest BCUT2D eigenvalue weighted by molar-refractivity contribution is 6.34. The Morgan fingerprint density at radius 3 is 2.48 bits per heavy atom. The lowest BCUT2D eigenvalue weighted by atomic mass is 9.46. The van der Waals surface area contributed by atoms with Crippen LogP contribution in [0.4, 0.5) is 11.4 Å². The van der Waals surface area contributed by atoms with Gasteiger partial charge in [0.15, 0.2) is 0 Å². The Hall–Kier alpha value is -2.58. The van der Waals surface area contributed by atoms with E-state index in [9.17, 15) is 24.6 Å². The quantitative estimate of drug-likeness (QED) is 0.532. The second-order valence-corrected chi connectivity index (χ2v) is 10.8. The first kappa shape index (κ1) is 22.2. The van der Waals surface area contributed by atoms with Crippen molar-refractivity contribution in [1.82, 2.24) is 9.78 Å². The van der Waals surface area contributed by atoms with E-state index in [2.05, 4.69) is 10.4 Å². The number of carbonyl (C=O) groups is 2. The van der Waals surface area contributed by atoms with Gasteiger partial charge in [-0.05, 0) is 74.0 Å². The highest BCUT2D eigenvalue weighted by Gasteiger charge is 2.59. The standard InChI is InChI=1S/C23H23Cl2N3O5/c24-16-2-1-14(4-15(16)21(32)33)27-17-10-26-28(20(31)19(17)25)23-7-12-3-13(8-23)6-22(5-12,11-23)9-18(29)30/h1-2,4,10,12-13,27H,3,5-9,11H2,(H,29,30)(H,32,33)/t12-,13-,22?,23?/m1/s1. The Balaban J connectivity index is 1.49. The van der Waals surface area contributed by atoms with Crippen LogP contribution in [0.3, 0.4) is 0 Å². The number of benzene rings is 1. The van der Waals surface area contributed by atoms with Crippen LogP contribution in [0.1, 0.15) is 55.3 Å². The second-order valence-electron chi connectivity index (χ2n) is 9.97. The predicted octanol–water partition coefficient (Wildman–Crippen LogP) is 4.76. The highest BCUT2D eigenvalue weighted by atomic mass is 35.5. The molecule has 2 atom stereocenters. The van der Waals surface area contributed by atoms with Crippen molar-refractivity contribution in [2.45, 2.75) is 50.5 Å². The third-order valence-corrected chi connectivity index (χ3v) is 8.22. The number of rotatable bonds is 6. The van der Waals surface area contributed by atoms with Crippen LogP contribution >= 0.6 is 23.2 Å². The van der Waals surface area contributed by atoms with Gasteiger partial charge in [-0.15, -0.1) is 0 Å². The van der Waals surface area contributed by atoms with Crippen LogP contribution in [0.2, 0.25) is 10.0 Å². The van der Waals surface area contributed by atoms with Crippen molar-refractivity contribution < 1.29 is 19.8 Å². The fourth-order valence-electron chi connectivity index (χ4n) is 6.96. The van der Waals surface area contributed by atoms with Crippen LogP contribution < -0.4 is 10.9 Å². The zero-order valence-electron chi connectivity index (χ0n) is 17.7. The molecule has 0 aliphatic heterocycles. The fraction of sp³-hybridized carbons (Fsp3) is 0.478. The van der Waals surface area contributed by atoms with Crippen molar-refractivity contribution in [3.8, 4) is 0 Å². The van der Waals surface area contributed by atoms with Crippen LogP contribution in [-0.2, 0) is 10.3 Å². The molecule has 2 aromatic rings. The summed E-state index contributed by atoms with van der Waals surface area (Å²) in [7, 11) is 0. The number of hydrogen-bond acceptors (Lipinski definition) is 5. The van der Waals surface area contributed by atoms with Gasteiger partial charge < -0.3 is 15.5 Å². The monoisotopic (exact) mass is 491 g/mol. The summed E-state index contributed by atoms with van der Waals surface area (Å²) < 4.78 is 1.49. The first-order chi connectivity index (χ1) is 15.6. The molecule has 33 heavy (non-hydrogen) atoms. The minimum absolute atomic E-state index is 0.0418. The van der Waals surface area contributed by atoms with Gasteiger partial charge in [-0.2, -0.15) is 5.10 Å². The second kappa shape index (κ2) is 7.74. The zero-order chi connectivity index (χ0) is 23.5. The summed E-state index contributed by atoms with van der Waals surface area (Å²) in [5.41, 5.74) is -0.640. The summed E-state index contributed by atoms with van der Waals surface area (Å²) in [5.74, 6) is -1.19. The molecule has 0 amide bonds. The van der Waals surface area contributed by atoms with Crippen molar-refractivity contribution in [2.75, 3.05) is 5.32 Å². The van der Waals surface area contributed by atoms with E-state index in [0.29, 0.717) is 23.9 Å². The van der Waals surface area contributed by atoms with Gasteiger partial charge in [0.05, 0.1) is 34.4 Å². The minimum atomic E-state index is -1.17. The molecule has 4 saturated carbocycles. The van der Waals surface area contributed by atoms with Crippen LogP contribution in [0.25, 0.3) is 0 Å². The molecule has 6 rings (SSSR count). The number of hydrogen-bond donors (Lipinski definition) is 3. The van der Waals surface area contributed by atoms with Crippen LogP contribution in [0, 0.1) is 17.3 Å². The Labute approximate surface area is 199 Å². The van der Waals surface area contributed by atoms with Gasteiger partial charge in [0.1, 0.15) is 5.02 Å². The summed E-state index contributed by atoms with van der Waals surface area (Å²) in [6.07, 6.45) is 6.68. The summed E-state index contributed by atoms with van der Waals surface area (Å²) in [5, 5.41) is 26.3. The summed E-state index contributed by atoms with van der Waals surface area (Å²) in [6, 6.07) is 4.40. The van der Waals surface area contributed by atoms with Crippen molar-refractivity contribution in [1.29, 1.82) is 0 Å². The number of halogens is 2. The van der Waals surface area contributed by atoms with E-state index in [-0.39, 0.29) is 33.1 Å². The van der Waals surface area contributed by atoms with E-state index in [1.165, 1.54) is 23.0 Å². The number of carboxylic acids is 2. The zero-order valence-corrected chi connectivity index (χ0v) is 19.2. The molecule has 0 saturated heterocycles. The number of carboxylic acid groups (broad SMARTS) is 2. The first-order valence-corrected chi connectivity index (χ1v) is 11.7. The molecule has 4 bridgehead atoms. The summed E-state index contributed by atoms with van der Waals surface area (Å²) in [4.78, 5) is 36.3. The molecule has 0 spiro atoms. The molecule has 1 heterocycles. The van der Waals surface area contributed by atoms with E-state index in [1.54, 1.807) is 6.07 Å². The predicted molar refractivity (Wildman–Crippen MR) is 123 cm³/mol. The number of aliphatic carboxylic acids is 1. The average Bonchev–Trinajstić information content (AvgIpc) is 2.70.